The van der Waals surface area contributed by atoms with Crippen LogP contribution in [0.3, 0.4) is 0 Å². The number of carbonyl (C=O) groups is 6. The van der Waals surface area contributed by atoms with Gasteiger partial charge in [-0.2, -0.15) is 20.5 Å². The molecule has 0 radical (unpaired) electrons. The summed E-state index contributed by atoms with van der Waals surface area (Å²) in [7, 11) is 0. The number of azo groups is 2. The summed E-state index contributed by atoms with van der Waals surface area (Å²) in [6, 6.07) is 20.1. The summed E-state index contributed by atoms with van der Waals surface area (Å²) >= 11 is 31.4. The molecule has 21 heteroatoms. The first-order valence-corrected chi connectivity index (χ1v) is 24.2. The molecule has 4 atom stereocenters. The zero-order chi connectivity index (χ0) is 51.9. The highest BCUT2D eigenvalue weighted by Gasteiger charge is 2.27. The molecule has 0 aliphatic heterocycles. The number of nitrogens with one attached hydrogen (secondary N) is 4. The van der Waals surface area contributed by atoms with Gasteiger partial charge in [0.2, 0.25) is 12.1 Å². The minimum Gasteiger partial charge on any atom is -0.492 e. The van der Waals surface area contributed by atoms with Crippen LogP contribution < -0.4 is 30.7 Å². The third kappa shape index (κ3) is 15.3. The maximum Gasteiger partial charge on any atom is 0.258 e. The second-order valence-electron chi connectivity index (χ2n) is 15.6. The molecule has 5 rings (SSSR count). The second kappa shape index (κ2) is 26.1. The topological polar surface area (TPSA) is 218 Å². The predicted octanol–water partition coefficient (Wildman–Crippen LogP) is 13.0. The Morgan fingerprint density at radius 2 is 1.00 bits per heavy atom. The molecule has 4 N–H and O–H groups in total. The molecule has 0 spiro atoms. The van der Waals surface area contributed by atoms with Crippen LogP contribution in [-0.2, 0) is 25.6 Å². The smallest absolute Gasteiger partial charge is 0.258 e. The van der Waals surface area contributed by atoms with Gasteiger partial charge in [-0.05, 0) is 144 Å². The molecular formula is C50H49Cl5N8O8. The van der Waals surface area contributed by atoms with Gasteiger partial charge in [0.1, 0.15) is 11.5 Å². The third-order valence-electron chi connectivity index (χ3n) is 10.3. The average Bonchev–Trinajstić information content (AvgIpc) is 3.31. The van der Waals surface area contributed by atoms with Crippen molar-refractivity contribution in [2.45, 2.75) is 70.8 Å². The summed E-state index contributed by atoms with van der Waals surface area (Å²) in [4.78, 5) is 79.3. The number of amides is 4. The average molecular weight is 1070 g/mol. The molecule has 0 saturated heterocycles. The molecular weight excluding hydrogens is 1020 g/mol. The zero-order valence-electron chi connectivity index (χ0n) is 39.2. The molecule has 0 heterocycles. The monoisotopic (exact) mass is 1060 g/mol. The van der Waals surface area contributed by atoms with E-state index in [9.17, 15) is 28.8 Å². The number of nitrogens with zero attached hydrogens (tertiary/aromatic N) is 4. The highest BCUT2D eigenvalue weighted by Crippen LogP contribution is 2.34. The number of Topliss-reactive ketones (excluding diaryl/α,β-unsaturated/α-hetero) is 2. The summed E-state index contributed by atoms with van der Waals surface area (Å²) in [5.41, 5.74) is 3.62. The van der Waals surface area contributed by atoms with Crippen molar-refractivity contribution in [1.29, 1.82) is 0 Å². The molecule has 5 aromatic rings. The van der Waals surface area contributed by atoms with E-state index < -0.39 is 47.3 Å². The van der Waals surface area contributed by atoms with Crippen LogP contribution in [0, 0.1) is 0 Å². The van der Waals surface area contributed by atoms with Gasteiger partial charge in [-0.15, -0.1) is 34.8 Å². The largest absolute Gasteiger partial charge is 0.492 e. The van der Waals surface area contributed by atoms with E-state index in [1.54, 1.807) is 50.2 Å². The number of ether oxygens (including phenoxy) is 2. The van der Waals surface area contributed by atoms with Crippen molar-refractivity contribution in [2.24, 2.45) is 20.5 Å². The minimum atomic E-state index is -1.61. The van der Waals surface area contributed by atoms with E-state index in [-0.39, 0.29) is 67.0 Å². The minimum absolute atomic E-state index is 0.0370. The molecule has 4 amide bonds. The van der Waals surface area contributed by atoms with Crippen LogP contribution in [0.5, 0.6) is 11.5 Å². The Morgan fingerprint density at radius 1 is 0.563 bits per heavy atom. The zero-order valence-corrected chi connectivity index (χ0v) is 43.0. The Kier molecular flexibility index (Phi) is 20.4. The van der Waals surface area contributed by atoms with E-state index in [0.717, 1.165) is 11.1 Å². The Morgan fingerprint density at radius 3 is 1.41 bits per heavy atom. The molecule has 0 saturated carbocycles. The Labute approximate surface area is 435 Å². The van der Waals surface area contributed by atoms with Gasteiger partial charge in [0.25, 0.3) is 23.6 Å². The first-order chi connectivity index (χ1) is 33.8. The number of ketones is 2. The highest BCUT2D eigenvalue weighted by atomic mass is 35.5. The van der Waals surface area contributed by atoms with E-state index in [1.807, 2.05) is 13.8 Å². The summed E-state index contributed by atoms with van der Waals surface area (Å²) in [5.74, 6) is -3.16. The number of carbonyl (C=O) groups excluding carboxylic acids is 6. The van der Waals surface area contributed by atoms with Gasteiger partial charge in [0.05, 0.1) is 67.9 Å². The number of rotatable bonds is 22. The highest BCUT2D eigenvalue weighted by molar-refractivity contribution is 6.35. The molecule has 4 unspecified atom stereocenters. The van der Waals surface area contributed by atoms with Crippen LogP contribution in [0.2, 0.25) is 10.0 Å². The number of anilines is 4. The first kappa shape index (κ1) is 55.5. The third-order valence-corrected chi connectivity index (χ3v) is 11.6. The van der Waals surface area contributed by atoms with Gasteiger partial charge in [0, 0.05) is 17.3 Å². The van der Waals surface area contributed by atoms with E-state index >= 15 is 0 Å². The number of hydrogen-bond donors (Lipinski definition) is 4. The fourth-order valence-corrected chi connectivity index (χ4v) is 7.49. The standard InChI is InChI=1S/C50H49Cl5N8O8/c1-7-70-43-22-30(26(3)52)9-16-41(43)58-47(66)36-24-34(11-14-38(36)54)60-62-45(28(5)64)49(68)56-33-13-18-40(32(21-33)19-20-51)57-50(69)46(29(6)65)63-61-35-12-15-39(55)37(25-35)48(67)59-42-17-10-31(27(4)53)23-44(42)71-8-2/h9-18,21-27,45-46H,7-8,19-20H2,1-6H3,(H,56,68)(H,57,69)(H,58,66)(H,59,67). The van der Waals surface area contributed by atoms with Gasteiger partial charge < -0.3 is 30.7 Å². The normalized spacial score (nSPS) is 12.9. The Bertz CT molecular complexity index is 2880. The van der Waals surface area contributed by atoms with E-state index in [0.29, 0.717) is 41.7 Å². The van der Waals surface area contributed by atoms with Gasteiger partial charge in [-0.3, -0.25) is 28.8 Å². The SMILES string of the molecule is CCOc1cc(C(C)Cl)ccc1NC(=O)c1cc(N=NC(C(C)=O)C(=O)Nc2ccc(NC(=O)C(N=Nc3ccc(Cl)c(C(=O)Nc4ccc(C(C)Cl)cc4OCC)c3)C(C)=O)c(CCCl)c2)ccc1Cl. The summed E-state index contributed by atoms with van der Waals surface area (Å²) in [6.07, 6.45) is 0.206. The molecule has 372 valence electrons. The van der Waals surface area contributed by atoms with E-state index in [2.05, 4.69) is 41.7 Å². The summed E-state index contributed by atoms with van der Waals surface area (Å²) < 4.78 is 11.4. The molecule has 16 nitrogen and oxygen atoms in total. The number of hydrogen-bond acceptors (Lipinski definition) is 12. The fourth-order valence-electron chi connectivity index (χ4n) is 6.61. The van der Waals surface area contributed by atoms with Crippen LogP contribution in [0.1, 0.15) is 89.7 Å². The lowest BCUT2D eigenvalue weighted by Crippen LogP contribution is -2.32. The van der Waals surface area contributed by atoms with Crippen molar-refractivity contribution < 1.29 is 38.2 Å². The number of alkyl halides is 3. The van der Waals surface area contributed by atoms with E-state index in [1.165, 1.54) is 68.4 Å². The first-order valence-electron chi connectivity index (χ1n) is 22.0. The summed E-state index contributed by atoms with van der Waals surface area (Å²) in [5, 5.41) is 26.7. The van der Waals surface area contributed by atoms with Crippen molar-refractivity contribution >= 4 is 127 Å². The molecule has 5 aromatic carbocycles. The molecule has 0 aliphatic rings. The van der Waals surface area contributed by atoms with Gasteiger partial charge in [-0.1, -0.05) is 35.3 Å². The predicted molar refractivity (Wildman–Crippen MR) is 279 cm³/mol. The lowest BCUT2D eigenvalue weighted by atomic mass is 10.1. The maximum absolute atomic E-state index is 13.6. The van der Waals surface area contributed by atoms with Crippen LogP contribution in [-0.4, -0.2) is 66.4 Å². The maximum atomic E-state index is 13.6. The summed E-state index contributed by atoms with van der Waals surface area (Å²) in [6.45, 7) is 10.3. The molecule has 0 aromatic heterocycles. The van der Waals surface area contributed by atoms with Gasteiger partial charge >= 0.3 is 0 Å². The number of halogens is 5. The van der Waals surface area contributed by atoms with Gasteiger partial charge in [-0.25, -0.2) is 0 Å². The van der Waals surface area contributed by atoms with Crippen LogP contribution >= 0.6 is 58.0 Å². The molecule has 0 aliphatic carbocycles. The molecule has 0 fully saturated rings. The van der Waals surface area contributed by atoms with Crippen molar-refractivity contribution in [3.8, 4) is 11.5 Å². The Balaban J connectivity index is 1.28. The number of aryl methyl sites for hydroxylation is 1. The second-order valence-corrected chi connectivity index (χ2v) is 18.1. The number of benzene rings is 5. The van der Waals surface area contributed by atoms with Gasteiger partial charge in [0.15, 0.2) is 11.6 Å². The van der Waals surface area contributed by atoms with Crippen LogP contribution in [0.4, 0.5) is 34.1 Å². The fraction of sp³-hybridized carbons (Fsp3) is 0.280. The lowest BCUT2D eigenvalue weighted by Gasteiger charge is -2.16. The lowest BCUT2D eigenvalue weighted by molar-refractivity contribution is -0.127. The van der Waals surface area contributed by atoms with Crippen molar-refractivity contribution in [2.75, 3.05) is 40.4 Å². The molecule has 71 heavy (non-hydrogen) atoms. The molecule has 0 bridgehead atoms. The quantitative estimate of drug-likeness (QED) is 0.0296. The van der Waals surface area contributed by atoms with E-state index in [4.69, 9.17) is 67.5 Å². The van der Waals surface area contributed by atoms with Crippen molar-refractivity contribution in [1.82, 2.24) is 0 Å². The Hall–Kier alpha value is -6.43. The van der Waals surface area contributed by atoms with Crippen LogP contribution in [0.15, 0.2) is 111 Å². The van der Waals surface area contributed by atoms with Crippen LogP contribution in [0.25, 0.3) is 0 Å². The van der Waals surface area contributed by atoms with Crippen molar-refractivity contribution in [3.05, 3.63) is 129 Å². The van der Waals surface area contributed by atoms with Crippen molar-refractivity contribution in [3.63, 3.8) is 0 Å².